The zero-order chi connectivity index (χ0) is 24.6. The van der Waals surface area contributed by atoms with Crippen LogP contribution >= 0.6 is 0 Å². The van der Waals surface area contributed by atoms with Gasteiger partial charge in [-0.3, -0.25) is 4.98 Å². The topological polar surface area (TPSA) is 82.1 Å². The Kier molecular flexibility index (Phi) is 5.81. The smallest absolute Gasteiger partial charge is 0.162 e. The summed E-state index contributed by atoms with van der Waals surface area (Å²) in [7, 11) is 0. The molecule has 2 saturated heterocycles. The van der Waals surface area contributed by atoms with Crippen molar-refractivity contribution in [3.05, 3.63) is 60.6 Å². The minimum Gasteiger partial charge on any atom is -0.369 e. The van der Waals surface area contributed by atoms with Gasteiger partial charge in [0.05, 0.1) is 11.7 Å². The second-order valence-corrected chi connectivity index (χ2v) is 10.3. The maximum atomic E-state index is 5.17. The van der Waals surface area contributed by atoms with E-state index in [0.717, 1.165) is 73.5 Å². The quantitative estimate of drug-likeness (QED) is 0.400. The van der Waals surface area contributed by atoms with Gasteiger partial charge in [-0.2, -0.15) is 0 Å². The lowest BCUT2D eigenvalue weighted by Gasteiger charge is -2.29. The minimum absolute atomic E-state index is 0.598. The molecular weight excluding hydrogens is 460 g/mol. The molecule has 2 aliphatic heterocycles. The molecular formula is C29H32N8. The number of pyridine rings is 2. The highest BCUT2D eigenvalue weighted by Crippen LogP contribution is 2.45. The molecule has 37 heavy (non-hydrogen) atoms. The molecule has 188 valence electrons. The Bertz CT molecular complexity index is 1420. The Balaban J connectivity index is 1.23. The standard InChI is InChI=1S/C29H32N8/c1-2-13-37(12-1)29-27-24(20-6-7-20)18-31-19-25(27)34-28(35-29)21-8-9-32-26(16-21)33-22-4-3-5-23(17-22)36-14-10-30-11-15-36/h3-5,8-9,16-20,30H,1-2,6-7,10-15H2,(H,32,33). The molecule has 0 radical (unpaired) electrons. The van der Waals surface area contributed by atoms with Crippen molar-refractivity contribution in [2.75, 3.05) is 54.4 Å². The van der Waals surface area contributed by atoms with Crippen molar-refractivity contribution in [2.45, 2.75) is 31.6 Å². The van der Waals surface area contributed by atoms with E-state index in [4.69, 9.17) is 9.97 Å². The molecule has 3 aromatic heterocycles. The predicted molar refractivity (Wildman–Crippen MR) is 149 cm³/mol. The number of aromatic nitrogens is 4. The third kappa shape index (κ3) is 4.57. The average molecular weight is 493 g/mol. The number of fused-ring (bicyclic) bond motifs is 1. The fraction of sp³-hybridized carbons (Fsp3) is 0.379. The highest BCUT2D eigenvalue weighted by molar-refractivity contribution is 5.94. The third-order valence-corrected chi connectivity index (χ3v) is 7.66. The Morgan fingerprint density at radius 2 is 1.76 bits per heavy atom. The van der Waals surface area contributed by atoms with Crippen molar-refractivity contribution >= 4 is 33.9 Å². The van der Waals surface area contributed by atoms with Crippen LogP contribution in [0, 0.1) is 0 Å². The number of nitrogens with zero attached hydrogens (tertiary/aromatic N) is 6. The highest BCUT2D eigenvalue weighted by Gasteiger charge is 2.29. The summed E-state index contributed by atoms with van der Waals surface area (Å²) in [6, 6.07) is 12.6. The first-order valence-electron chi connectivity index (χ1n) is 13.5. The third-order valence-electron chi connectivity index (χ3n) is 7.66. The van der Waals surface area contributed by atoms with Gasteiger partial charge >= 0.3 is 0 Å². The Hall–Kier alpha value is -3.78. The van der Waals surface area contributed by atoms with Crippen molar-refractivity contribution in [2.24, 2.45) is 0 Å². The van der Waals surface area contributed by atoms with Gasteiger partial charge in [-0.1, -0.05) is 6.07 Å². The second kappa shape index (κ2) is 9.59. The van der Waals surface area contributed by atoms with Crippen molar-refractivity contribution in [1.82, 2.24) is 25.3 Å². The first-order valence-corrected chi connectivity index (χ1v) is 13.5. The van der Waals surface area contributed by atoms with Gasteiger partial charge in [0.25, 0.3) is 0 Å². The van der Waals surface area contributed by atoms with Crippen LogP contribution in [0.1, 0.15) is 37.2 Å². The number of anilines is 4. The van der Waals surface area contributed by atoms with E-state index in [9.17, 15) is 0 Å². The van der Waals surface area contributed by atoms with Crippen LogP contribution in [0.2, 0.25) is 0 Å². The van der Waals surface area contributed by atoms with Crippen molar-refractivity contribution < 1.29 is 0 Å². The largest absolute Gasteiger partial charge is 0.369 e. The molecule has 1 aliphatic carbocycles. The van der Waals surface area contributed by atoms with Gasteiger partial charge in [-0.05, 0) is 67.5 Å². The van der Waals surface area contributed by atoms with E-state index in [2.05, 4.69) is 54.7 Å². The van der Waals surface area contributed by atoms with Crippen LogP contribution in [0.4, 0.5) is 23.0 Å². The molecule has 3 aliphatic rings. The number of rotatable bonds is 6. The van der Waals surface area contributed by atoms with E-state index in [-0.39, 0.29) is 0 Å². The summed E-state index contributed by atoms with van der Waals surface area (Å²) in [4.78, 5) is 24.2. The molecule has 2 N–H and O–H groups in total. The molecule has 0 atom stereocenters. The molecule has 0 bridgehead atoms. The summed E-state index contributed by atoms with van der Waals surface area (Å²) in [5, 5.41) is 8.11. The van der Waals surface area contributed by atoms with Gasteiger partial charge in [-0.25, -0.2) is 15.0 Å². The molecule has 7 rings (SSSR count). The molecule has 3 fully saturated rings. The zero-order valence-corrected chi connectivity index (χ0v) is 21.0. The summed E-state index contributed by atoms with van der Waals surface area (Å²) in [6.07, 6.45) is 10.6. The molecule has 4 aromatic rings. The fourth-order valence-electron chi connectivity index (χ4n) is 5.57. The average Bonchev–Trinajstić information content (AvgIpc) is 3.66. The van der Waals surface area contributed by atoms with Crippen LogP contribution in [0.25, 0.3) is 22.3 Å². The van der Waals surface area contributed by atoms with E-state index in [1.165, 1.54) is 42.3 Å². The summed E-state index contributed by atoms with van der Waals surface area (Å²) >= 11 is 0. The lowest BCUT2D eigenvalue weighted by atomic mass is 10.1. The van der Waals surface area contributed by atoms with Crippen LogP contribution in [-0.2, 0) is 0 Å². The minimum atomic E-state index is 0.598. The van der Waals surface area contributed by atoms with Crippen LogP contribution in [-0.4, -0.2) is 59.2 Å². The zero-order valence-electron chi connectivity index (χ0n) is 21.0. The highest BCUT2D eigenvalue weighted by atomic mass is 15.2. The van der Waals surface area contributed by atoms with E-state index >= 15 is 0 Å². The molecule has 0 spiro atoms. The Morgan fingerprint density at radius 3 is 2.59 bits per heavy atom. The number of hydrogen-bond acceptors (Lipinski definition) is 8. The van der Waals surface area contributed by atoms with Gasteiger partial charge < -0.3 is 20.4 Å². The predicted octanol–water partition coefficient (Wildman–Crippen LogP) is 4.72. The van der Waals surface area contributed by atoms with Gasteiger partial charge in [0, 0.05) is 74.0 Å². The van der Waals surface area contributed by atoms with E-state index in [1.54, 1.807) is 0 Å². The normalized spacial score (nSPS) is 17.9. The van der Waals surface area contributed by atoms with E-state index in [1.807, 2.05) is 30.7 Å². The first kappa shape index (κ1) is 22.4. The number of piperazine rings is 1. The molecule has 8 heteroatoms. The lowest BCUT2D eigenvalue weighted by molar-refractivity contribution is 0.589. The number of benzene rings is 1. The first-order chi connectivity index (χ1) is 18.3. The van der Waals surface area contributed by atoms with Crippen LogP contribution in [0.5, 0.6) is 0 Å². The van der Waals surface area contributed by atoms with Gasteiger partial charge in [-0.15, -0.1) is 0 Å². The molecule has 0 amide bonds. The Labute approximate surface area is 217 Å². The summed E-state index contributed by atoms with van der Waals surface area (Å²) < 4.78 is 0. The second-order valence-electron chi connectivity index (χ2n) is 10.3. The van der Waals surface area contributed by atoms with E-state index < -0.39 is 0 Å². The monoisotopic (exact) mass is 492 g/mol. The van der Waals surface area contributed by atoms with Crippen LogP contribution in [0.3, 0.4) is 0 Å². The number of nitrogens with one attached hydrogen (secondary N) is 2. The number of hydrogen-bond donors (Lipinski definition) is 2. The van der Waals surface area contributed by atoms with Crippen molar-refractivity contribution in [3.8, 4) is 11.4 Å². The van der Waals surface area contributed by atoms with E-state index in [0.29, 0.717) is 5.92 Å². The van der Waals surface area contributed by atoms with Crippen molar-refractivity contribution in [3.63, 3.8) is 0 Å². The maximum Gasteiger partial charge on any atom is 0.162 e. The molecule has 8 nitrogen and oxygen atoms in total. The van der Waals surface area contributed by atoms with Crippen molar-refractivity contribution in [1.29, 1.82) is 0 Å². The van der Waals surface area contributed by atoms with Gasteiger partial charge in [0.2, 0.25) is 0 Å². The molecule has 5 heterocycles. The fourth-order valence-corrected chi connectivity index (χ4v) is 5.57. The molecule has 1 saturated carbocycles. The summed E-state index contributed by atoms with van der Waals surface area (Å²) in [5.74, 6) is 3.17. The van der Waals surface area contributed by atoms with Gasteiger partial charge in [0.15, 0.2) is 5.82 Å². The maximum absolute atomic E-state index is 5.17. The summed E-state index contributed by atoms with van der Waals surface area (Å²) in [5.41, 5.74) is 5.46. The van der Waals surface area contributed by atoms with Crippen LogP contribution in [0.15, 0.2) is 55.0 Å². The SMILES string of the molecule is c1cc(Nc2cc(-c3nc(N4CCCC4)c4c(C5CC5)cncc4n3)ccn2)cc(N2CCNCC2)c1. The Morgan fingerprint density at radius 1 is 0.892 bits per heavy atom. The summed E-state index contributed by atoms with van der Waals surface area (Å²) in [6.45, 7) is 6.17. The molecule has 0 unspecified atom stereocenters. The lowest BCUT2D eigenvalue weighted by Crippen LogP contribution is -2.43. The molecule has 1 aromatic carbocycles. The van der Waals surface area contributed by atoms with Crippen LogP contribution < -0.4 is 20.4 Å². The van der Waals surface area contributed by atoms with Gasteiger partial charge in [0.1, 0.15) is 11.6 Å².